The number of nitrogens with one attached hydrogen (secondary N) is 1. The van der Waals surface area contributed by atoms with Crippen molar-refractivity contribution < 1.29 is 17.8 Å². The number of primary amides is 1. The van der Waals surface area contributed by atoms with Gasteiger partial charge in [-0.1, -0.05) is 0 Å². The summed E-state index contributed by atoms with van der Waals surface area (Å²) in [6, 6.07) is 5.86. The Kier molecular flexibility index (Phi) is 4.49. The van der Waals surface area contributed by atoms with Crippen molar-refractivity contribution in [2.75, 3.05) is 6.54 Å². The number of hydrogen-bond acceptors (Lipinski definition) is 4. The molecule has 86 valence electrons. The fourth-order valence-electron chi connectivity index (χ4n) is 1.02. The first-order chi connectivity index (χ1) is 7.50. The molecule has 5 N–H and O–H groups in total. The van der Waals surface area contributed by atoms with Crippen molar-refractivity contribution in [2.24, 2.45) is 5.73 Å². The molecule has 0 heterocycles. The van der Waals surface area contributed by atoms with Gasteiger partial charge in [-0.2, -0.15) is 0 Å². The van der Waals surface area contributed by atoms with Gasteiger partial charge in [0.15, 0.2) is 0 Å². The van der Waals surface area contributed by atoms with E-state index in [1.165, 1.54) is 24.3 Å². The minimum atomic E-state index is -2.88. The van der Waals surface area contributed by atoms with E-state index in [9.17, 15) is 9.59 Å². The summed E-state index contributed by atoms with van der Waals surface area (Å²) in [7, 11) is 0. The van der Waals surface area contributed by atoms with Crippen molar-refractivity contribution in [3.63, 3.8) is 0 Å². The van der Waals surface area contributed by atoms with Crippen LogP contribution in [0.4, 0.5) is 0 Å². The Morgan fingerprint density at radius 2 is 1.81 bits per heavy atom. The van der Waals surface area contributed by atoms with Gasteiger partial charge in [0.25, 0.3) is 0 Å². The molecular weight excluding hydrogens is 275 g/mol. The molecule has 0 saturated heterocycles. The van der Waals surface area contributed by atoms with Gasteiger partial charge in [-0.3, -0.25) is 0 Å². The van der Waals surface area contributed by atoms with E-state index in [2.05, 4.69) is 5.32 Å². The van der Waals surface area contributed by atoms with Gasteiger partial charge in [0.1, 0.15) is 0 Å². The van der Waals surface area contributed by atoms with Crippen molar-refractivity contribution in [3.05, 3.63) is 29.8 Å². The Hall–Kier alpha value is -1.36. The molecule has 0 fully saturated rings. The number of amides is 2. The van der Waals surface area contributed by atoms with Crippen LogP contribution < -0.4 is 15.4 Å². The summed E-state index contributed by atoms with van der Waals surface area (Å²) < 4.78 is 18.4. The molecule has 0 saturated carbocycles. The summed E-state index contributed by atoms with van der Waals surface area (Å²) >= 11 is -2.88. The minimum absolute atomic E-state index is 0.224. The van der Waals surface area contributed by atoms with E-state index in [1.54, 1.807) is 0 Å². The van der Waals surface area contributed by atoms with Gasteiger partial charge >= 0.3 is 96.7 Å². The summed E-state index contributed by atoms with van der Waals surface area (Å²) in [6.45, 7) is -0.224. The molecule has 16 heavy (non-hydrogen) atoms. The molecule has 0 aliphatic heterocycles. The Bertz CT molecular complexity index is 391. The quantitative estimate of drug-likeness (QED) is 0.461. The number of rotatable bonds is 4. The van der Waals surface area contributed by atoms with Gasteiger partial charge in [0.05, 0.1) is 0 Å². The molecule has 0 unspecified atom stereocenters. The predicted octanol–water partition coefficient (Wildman–Crippen LogP) is -2.42. The molecule has 0 aromatic heterocycles. The maximum absolute atomic E-state index is 11.4. The summed E-state index contributed by atoms with van der Waals surface area (Å²) in [6.07, 6.45) is 0. The van der Waals surface area contributed by atoms with E-state index in [1.807, 2.05) is 0 Å². The van der Waals surface area contributed by atoms with Crippen molar-refractivity contribution in [2.45, 2.75) is 0 Å². The molecule has 0 bridgehead atoms. The third-order valence-electron chi connectivity index (χ3n) is 1.78. The Morgan fingerprint density at radius 1 is 1.25 bits per heavy atom. The second kappa shape index (κ2) is 5.65. The van der Waals surface area contributed by atoms with Crippen LogP contribution in [0.2, 0.25) is 0 Å². The Labute approximate surface area is 97.0 Å². The Morgan fingerprint density at radius 3 is 2.25 bits per heavy atom. The van der Waals surface area contributed by atoms with Crippen LogP contribution >= 0.6 is 0 Å². The zero-order chi connectivity index (χ0) is 12.1. The normalized spacial score (nSPS) is 10.2. The number of benzene rings is 1. The van der Waals surface area contributed by atoms with Crippen LogP contribution in [0.5, 0.6) is 0 Å². The number of nitrogens with two attached hydrogens (primary N) is 1. The van der Waals surface area contributed by atoms with Gasteiger partial charge in [0, 0.05) is 0 Å². The van der Waals surface area contributed by atoms with Gasteiger partial charge in [-0.25, -0.2) is 0 Å². The van der Waals surface area contributed by atoms with Crippen LogP contribution in [0.1, 0.15) is 10.4 Å². The second-order valence-corrected chi connectivity index (χ2v) is 5.28. The topological polar surface area (TPSA) is 113 Å². The molecule has 0 aliphatic rings. The van der Waals surface area contributed by atoms with Crippen LogP contribution in [-0.4, -0.2) is 41.9 Å². The molecule has 1 rings (SSSR count). The number of carbonyl (C=O) groups is 2. The zero-order valence-electron chi connectivity index (χ0n) is 8.25. The summed E-state index contributed by atoms with van der Waals surface area (Å²) in [5, 5.41) is 2.32. The standard InChI is InChI=1S/C9H11AsN2O4/c11-8(13)5-12-9(14)6-1-3-7(4-2-6)10(15)16/h1-4,15-16H,5H2,(H2,11,13)(H,12,14). The van der Waals surface area contributed by atoms with Crippen molar-refractivity contribution >= 4 is 31.5 Å². The van der Waals surface area contributed by atoms with E-state index in [0.29, 0.717) is 9.91 Å². The average Bonchev–Trinajstić information content (AvgIpc) is 2.26. The predicted molar refractivity (Wildman–Crippen MR) is 57.8 cm³/mol. The Balaban J connectivity index is 2.66. The molecule has 7 heteroatoms. The van der Waals surface area contributed by atoms with E-state index in [-0.39, 0.29) is 6.54 Å². The van der Waals surface area contributed by atoms with Crippen molar-refractivity contribution in [1.29, 1.82) is 0 Å². The van der Waals surface area contributed by atoms with Crippen molar-refractivity contribution in [1.82, 2.24) is 5.32 Å². The molecule has 1 aromatic carbocycles. The van der Waals surface area contributed by atoms with Crippen LogP contribution in [0.15, 0.2) is 24.3 Å². The van der Waals surface area contributed by atoms with Gasteiger partial charge < -0.3 is 0 Å². The number of carbonyl (C=O) groups excluding carboxylic acids is 2. The summed E-state index contributed by atoms with van der Waals surface area (Å²) in [4.78, 5) is 21.8. The third-order valence-corrected chi connectivity index (χ3v) is 3.38. The summed E-state index contributed by atoms with van der Waals surface area (Å²) in [5.74, 6) is -1.05. The van der Waals surface area contributed by atoms with E-state index in [0.717, 1.165) is 0 Å². The number of hydrogen-bond donors (Lipinski definition) is 4. The fourth-order valence-corrected chi connectivity index (χ4v) is 1.89. The first-order valence-corrected chi connectivity index (χ1v) is 6.97. The van der Waals surface area contributed by atoms with Gasteiger partial charge in [-0.15, -0.1) is 0 Å². The van der Waals surface area contributed by atoms with Crippen molar-refractivity contribution in [3.8, 4) is 0 Å². The first-order valence-electron chi connectivity index (χ1n) is 4.35. The molecule has 0 aliphatic carbocycles. The van der Waals surface area contributed by atoms with Crippen LogP contribution in [0.25, 0.3) is 0 Å². The average molecular weight is 286 g/mol. The summed E-state index contributed by atoms with van der Waals surface area (Å²) in [5.41, 5.74) is 5.20. The van der Waals surface area contributed by atoms with E-state index in [4.69, 9.17) is 13.9 Å². The SMILES string of the molecule is NC(=O)CNC(=O)c1ccc([As](O)O)cc1. The van der Waals surface area contributed by atoms with Crippen LogP contribution in [-0.2, 0) is 4.79 Å². The molecular formula is C9H11AsN2O4. The van der Waals surface area contributed by atoms with Gasteiger partial charge in [0.2, 0.25) is 0 Å². The van der Waals surface area contributed by atoms with E-state index >= 15 is 0 Å². The van der Waals surface area contributed by atoms with Gasteiger partial charge in [-0.05, 0) is 0 Å². The van der Waals surface area contributed by atoms with Crippen LogP contribution in [0, 0.1) is 0 Å². The monoisotopic (exact) mass is 286 g/mol. The molecule has 0 radical (unpaired) electrons. The molecule has 6 nitrogen and oxygen atoms in total. The molecule has 1 aromatic rings. The first kappa shape index (κ1) is 12.7. The third kappa shape index (κ3) is 3.66. The zero-order valence-corrected chi connectivity index (χ0v) is 10.1. The molecule has 0 spiro atoms. The second-order valence-electron chi connectivity index (χ2n) is 2.99. The van der Waals surface area contributed by atoms with E-state index < -0.39 is 27.1 Å². The van der Waals surface area contributed by atoms with Crippen LogP contribution in [0.3, 0.4) is 0 Å². The maximum atomic E-state index is 11.4. The molecule has 2 amide bonds. The fraction of sp³-hybridized carbons (Fsp3) is 0.111. The molecule has 0 atom stereocenters.